The van der Waals surface area contributed by atoms with Gasteiger partial charge in [-0.25, -0.2) is 0 Å². The zero-order valence-corrected chi connectivity index (χ0v) is 18.9. The molecule has 0 saturated heterocycles. The van der Waals surface area contributed by atoms with E-state index in [0.29, 0.717) is 26.0 Å². The average molecular weight is 426 g/mol. The van der Waals surface area contributed by atoms with Gasteiger partial charge < -0.3 is 14.7 Å². The maximum Gasteiger partial charge on any atom is 0.317 e. The fourth-order valence-electron chi connectivity index (χ4n) is 4.24. The summed E-state index contributed by atoms with van der Waals surface area (Å²) in [6.07, 6.45) is 2.21. The van der Waals surface area contributed by atoms with Crippen LogP contribution in [0.25, 0.3) is 0 Å². The van der Waals surface area contributed by atoms with Gasteiger partial charge in [0.15, 0.2) is 0 Å². The molecule has 0 saturated carbocycles. The summed E-state index contributed by atoms with van der Waals surface area (Å²) in [6, 6.07) is 20.0. The van der Waals surface area contributed by atoms with Gasteiger partial charge in [-0.15, -0.1) is 0 Å². The van der Waals surface area contributed by atoms with E-state index in [2.05, 4.69) is 24.0 Å². The molecule has 0 bridgehead atoms. The number of carbonyl (C=O) groups excluding carboxylic acids is 1. The lowest BCUT2D eigenvalue weighted by molar-refractivity contribution is -0.153. The molecule has 0 amide bonds. The summed E-state index contributed by atoms with van der Waals surface area (Å²) < 4.78 is 5.64. The van der Waals surface area contributed by atoms with Crippen molar-refractivity contribution < 1.29 is 19.4 Å². The van der Waals surface area contributed by atoms with Crippen LogP contribution in [0.5, 0.6) is 0 Å². The van der Waals surface area contributed by atoms with Gasteiger partial charge in [0, 0.05) is 13.0 Å². The second kappa shape index (κ2) is 12.3. The van der Waals surface area contributed by atoms with E-state index in [-0.39, 0.29) is 18.3 Å². The van der Waals surface area contributed by atoms with Crippen LogP contribution in [0.3, 0.4) is 0 Å². The first-order valence-electron chi connectivity index (χ1n) is 11.1. The molecule has 0 aliphatic carbocycles. The van der Waals surface area contributed by atoms with Crippen LogP contribution in [0.2, 0.25) is 0 Å². The summed E-state index contributed by atoms with van der Waals surface area (Å²) in [6.45, 7) is 5.78. The fourth-order valence-corrected chi connectivity index (χ4v) is 4.24. The number of nitrogens with zero attached hydrogens (tertiary/aromatic N) is 1. The second-order valence-electron chi connectivity index (χ2n) is 8.23. The van der Waals surface area contributed by atoms with E-state index in [1.54, 1.807) is 0 Å². The van der Waals surface area contributed by atoms with Crippen molar-refractivity contribution in [1.29, 1.82) is 0 Å². The van der Waals surface area contributed by atoms with Gasteiger partial charge in [0.2, 0.25) is 0 Å². The molecule has 31 heavy (non-hydrogen) atoms. The van der Waals surface area contributed by atoms with E-state index in [9.17, 15) is 9.59 Å². The number of aliphatic carboxylic acids is 1. The first kappa shape index (κ1) is 24.6. The van der Waals surface area contributed by atoms with Crippen LogP contribution in [-0.2, 0) is 26.2 Å². The van der Waals surface area contributed by atoms with Crippen molar-refractivity contribution in [3.8, 4) is 0 Å². The molecule has 0 aromatic heterocycles. The lowest BCUT2D eigenvalue weighted by Gasteiger charge is -2.39. The average Bonchev–Trinajstić information content (AvgIpc) is 2.76. The molecule has 2 aromatic carbocycles. The predicted octanol–water partition coefficient (Wildman–Crippen LogP) is 4.55. The molecule has 5 nitrogen and oxygen atoms in total. The van der Waals surface area contributed by atoms with E-state index in [4.69, 9.17) is 9.84 Å². The van der Waals surface area contributed by atoms with Crippen molar-refractivity contribution in [1.82, 2.24) is 4.90 Å². The predicted molar refractivity (Wildman–Crippen MR) is 123 cm³/mol. The number of carboxylic acid groups (broad SMARTS) is 1. The van der Waals surface area contributed by atoms with Crippen LogP contribution in [0.15, 0.2) is 60.7 Å². The molecule has 0 aliphatic heterocycles. The van der Waals surface area contributed by atoms with Gasteiger partial charge >= 0.3 is 11.9 Å². The highest BCUT2D eigenvalue weighted by atomic mass is 16.5. The van der Waals surface area contributed by atoms with Crippen molar-refractivity contribution in [2.45, 2.75) is 44.9 Å². The Morgan fingerprint density at radius 2 is 1.65 bits per heavy atom. The van der Waals surface area contributed by atoms with Crippen molar-refractivity contribution >= 4 is 11.9 Å². The van der Waals surface area contributed by atoms with Crippen molar-refractivity contribution in [2.75, 3.05) is 26.7 Å². The first-order chi connectivity index (χ1) is 14.9. The molecular weight excluding hydrogens is 390 g/mol. The molecule has 1 N–H and O–H groups in total. The Morgan fingerprint density at radius 3 is 2.23 bits per heavy atom. The smallest absolute Gasteiger partial charge is 0.317 e. The Hall–Kier alpha value is -2.66. The van der Waals surface area contributed by atoms with Crippen molar-refractivity contribution in [3.05, 3.63) is 71.8 Å². The number of unbranched alkanes of at least 4 members (excludes halogenated alkanes) is 1. The SMILES string of the molecule is CCOC(=O)[C@](Cc1ccccc1)(c1ccccc1)C(C)CN(C)CCCCC(=O)O. The van der Waals surface area contributed by atoms with Gasteiger partial charge in [-0.3, -0.25) is 9.59 Å². The first-order valence-corrected chi connectivity index (χ1v) is 11.1. The number of rotatable bonds is 13. The van der Waals surface area contributed by atoms with Gasteiger partial charge in [-0.05, 0) is 56.8 Å². The van der Waals surface area contributed by atoms with E-state index >= 15 is 0 Å². The highest BCUT2D eigenvalue weighted by Crippen LogP contribution is 2.38. The second-order valence-corrected chi connectivity index (χ2v) is 8.23. The number of hydrogen-bond acceptors (Lipinski definition) is 4. The van der Waals surface area contributed by atoms with Gasteiger partial charge in [0.1, 0.15) is 5.41 Å². The van der Waals surface area contributed by atoms with E-state index in [1.165, 1.54) is 0 Å². The molecule has 5 heteroatoms. The number of benzene rings is 2. The van der Waals surface area contributed by atoms with Gasteiger partial charge in [-0.1, -0.05) is 67.6 Å². The topological polar surface area (TPSA) is 66.8 Å². The van der Waals surface area contributed by atoms with Crippen molar-refractivity contribution in [2.24, 2.45) is 5.92 Å². The third-order valence-electron chi connectivity index (χ3n) is 5.86. The standard InChI is InChI=1S/C26H35NO4/c1-4-31-25(30)26(23-15-9-6-10-16-23,19-22-13-7-5-8-14-22)21(2)20-27(3)18-12-11-17-24(28)29/h5-10,13-16,21H,4,11-12,17-20H2,1-3H3,(H,28,29)/t21?,26-/m0/s1. The number of carboxylic acids is 1. The summed E-state index contributed by atoms with van der Waals surface area (Å²) >= 11 is 0. The van der Waals surface area contributed by atoms with Gasteiger partial charge in [0.05, 0.1) is 6.61 Å². The van der Waals surface area contributed by atoms with Crippen LogP contribution in [0, 0.1) is 5.92 Å². The molecule has 0 spiro atoms. The summed E-state index contributed by atoms with van der Waals surface area (Å²) in [7, 11) is 2.03. The van der Waals surface area contributed by atoms with Crippen LogP contribution < -0.4 is 0 Å². The summed E-state index contributed by atoms with van der Waals surface area (Å²) in [5.74, 6) is -0.972. The van der Waals surface area contributed by atoms with Crippen LogP contribution >= 0.6 is 0 Å². The largest absolute Gasteiger partial charge is 0.481 e. The van der Waals surface area contributed by atoms with Crippen molar-refractivity contribution in [3.63, 3.8) is 0 Å². The zero-order chi connectivity index (χ0) is 22.7. The van der Waals surface area contributed by atoms with E-state index in [1.807, 2.05) is 62.5 Å². The molecule has 1 unspecified atom stereocenters. The molecule has 2 rings (SSSR count). The summed E-state index contributed by atoms with van der Waals surface area (Å²) in [5, 5.41) is 8.84. The number of esters is 1. The van der Waals surface area contributed by atoms with Gasteiger partial charge in [0.25, 0.3) is 0 Å². The van der Waals surface area contributed by atoms with Gasteiger partial charge in [-0.2, -0.15) is 0 Å². The maximum absolute atomic E-state index is 13.5. The molecule has 2 aromatic rings. The molecule has 0 heterocycles. The Balaban J connectivity index is 2.32. The quantitative estimate of drug-likeness (QED) is 0.377. The normalized spacial score (nSPS) is 14.1. The van der Waals surface area contributed by atoms with E-state index in [0.717, 1.165) is 24.1 Å². The molecule has 2 atom stereocenters. The number of carbonyl (C=O) groups is 2. The molecule has 0 fully saturated rings. The van der Waals surface area contributed by atoms with Crippen LogP contribution in [0.1, 0.15) is 44.2 Å². The Kier molecular flexibility index (Phi) is 9.73. The monoisotopic (exact) mass is 425 g/mol. The third kappa shape index (κ3) is 6.93. The Morgan fingerprint density at radius 1 is 1.03 bits per heavy atom. The number of ether oxygens (including phenoxy) is 1. The highest BCUT2D eigenvalue weighted by Gasteiger charge is 2.46. The Labute approximate surface area is 186 Å². The minimum Gasteiger partial charge on any atom is -0.481 e. The lowest BCUT2D eigenvalue weighted by atomic mass is 9.67. The molecular formula is C26H35NO4. The molecule has 168 valence electrons. The highest BCUT2D eigenvalue weighted by molar-refractivity contribution is 5.84. The zero-order valence-electron chi connectivity index (χ0n) is 18.9. The summed E-state index contributed by atoms with van der Waals surface area (Å²) in [4.78, 5) is 26.5. The minimum atomic E-state index is -0.812. The lowest BCUT2D eigenvalue weighted by Crippen LogP contribution is -2.49. The minimum absolute atomic E-state index is 0.0152. The fraction of sp³-hybridized carbons (Fsp3) is 0.462. The summed E-state index contributed by atoms with van der Waals surface area (Å²) in [5.41, 5.74) is 1.24. The van der Waals surface area contributed by atoms with E-state index < -0.39 is 11.4 Å². The number of hydrogen-bond donors (Lipinski definition) is 1. The third-order valence-corrected chi connectivity index (χ3v) is 5.86. The molecule has 0 aliphatic rings. The Bertz CT molecular complexity index is 809. The van der Waals surface area contributed by atoms with Crippen LogP contribution in [-0.4, -0.2) is 48.7 Å². The molecule has 0 radical (unpaired) electrons. The van der Waals surface area contributed by atoms with Crippen LogP contribution in [0.4, 0.5) is 0 Å². The maximum atomic E-state index is 13.5.